The summed E-state index contributed by atoms with van der Waals surface area (Å²) in [5.74, 6) is 0. The Labute approximate surface area is 65.6 Å². The predicted octanol–water partition coefficient (Wildman–Crippen LogP) is -0.117. The van der Waals surface area contributed by atoms with Crippen molar-refractivity contribution in [3.63, 3.8) is 0 Å². The van der Waals surface area contributed by atoms with Gasteiger partial charge in [-0.15, -0.1) is 0 Å². The van der Waals surface area contributed by atoms with Crippen LogP contribution in [0.1, 0.15) is 6.92 Å². The van der Waals surface area contributed by atoms with E-state index in [2.05, 4.69) is 12.2 Å². The highest BCUT2D eigenvalue weighted by Crippen LogP contribution is 1.76. The van der Waals surface area contributed by atoms with E-state index in [0.29, 0.717) is 5.11 Å². The number of carbonyl (C=O) groups is 1. The first kappa shape index (κ1) is 11.9. The van der Waals surface area contributed by atoms with Crippen molar-refractivity contribution in [1.29, 1.82) is 0 Å². The molecule has 0 saturated heterocycles. The zero-order chi connectivity index (χ0) is 8.57. The average molecular weight is 164 g/mol. The number of carboxylic acid groups (broad SMARTS) is 1. The van der Waals surface area contributed by atoms with Crippen LogP contribution in [0.4, 0.5) is 0 Å². The highest BCUT2D eigenvalue weighted by atomic mass is 32.1. The summed E-state index contributed by atoms with van der Waals surface area (Å²) in [7, 11) is 1.86. The van der Waals surface area contributed by atoms with E-state index in [1.807, 2.05) is 14.0 Å². The lowest BCUT2D eigenvalue weighted by Gasteiger charge is -2.11. The van der Waals surface area contributed by atoms with E-state index in [4.69, 9.17) is 15.6 Å². The smallest absolute Gasteiger partial charge is 0.290 e. The minimum atomic E-state index is -0.250. The van der Waals surface area contributed by atoms with Crippen LogP contribution >= 0.6 is 12.2 Å². The molecule has 60 valence electrons. The first-order valence-corrected chi connectivity index (χ1v) is 3.09. The Kier molecular flexibility index (Phi) is 9.71. The largest absolute Gasteiger partial charge is 0.483 e. The van der Waals surface area contributed by atoms with Crippen molar-refractivity contribution in [2.75, 3.05) is 13.6 Å². The van der Waals surface area contributed by atoms with Gasteiger partial charge < -0.3 is 15.7 Å². The van der Waals surface area contributed by atoms with Crippen molar-refractivity contribution in [3.05, 3.63) is 0 Å². The van der Waals surface area contributed by atoms with E-state index < -0.39 is 0 Å². The summed E-state index contributed by atoms with van der Waals surface area (Å²) in [4.78, 5) is 10.2. The van der Waals surface area contributed by atoms with Crippen LogP contribution in [0.2, 0.25) is 0 Å². The Morgan fingerprint density at radius 2 is 2.20 bits per heavy atom. The van der Waals surface area contributed by atoms with Gasteiger partial charge in [0.25, 0.3) is 6.47 Å². The van der Waals surface area contributed by atoms with Gasteiger partial charge in [-0.1, -0.05) is 0 Å². The molecule has 0 atom stereocenters. The Hall–Kier alpha value is -0.840. The number of thiocarbonyl (C=S) groups is 1. The topological polar surface area (TPSA) is 66.6 Å². The summed E-state index contributed by atoms with van der Waals surface area (Å²) in [6, 6.07) is 0. The number of nitrogens with two attached hydrogens (primary N) is 1. The zero-order valence-corrected chi connectivity index (χ0v) is 6.89. The fourth-order valence-corrected chi connectivity index (χ4v) is 0.285. The summed E-state index contributed by atoms with van der Waals surface area (Å²) < 4.78 is 0. The number of nitrogens with zero attached hydrogens (tertiary/aromatic N) is 1. The van der Waals surface area contributed by atoms with E-state index in [1.165, 1.54) is 0 Å². The molecule has 5 heteroatoms. The molecule has 3 N–H and O–H groups in total. The van der Waals surface area contributed by atoms with Crippen molar-refractivity contribution in [2.24, 2.45) is 5.73 Å². The summed E-state index contributed by atoms with van der Waals surface area (Å²) in [6.45, 7) is 2.63. The van der Waals surface area contributed by atoms with Crippen molar-refractivity contribution in [1.82, 2.24) is 4.90 Å². The lowest BCUT2D eigenvalue weighted by atomic mass is 10.7. The lowest BCUT2D eigenvalue weighted by Crippen LogP contribution is -2.31. The molecule has 0 aliphatic heterocycles. The third-order valence-corrected chi connectivity index (χ3v) is 1.16. The summed E-state index contributed by atoms with van der Waals surface area (Å²) in [5.41, 5.74) is 5.20. The second-order valence-corrected chi connectivity index (χ2v) is 1.88. The number of hydrogen-bond acceptors (Lipinski definition) is 2. The molecule has 0 aromatic heterocycles. The highest BCUT2D eigenvalue weighted by molar-refractivity contribution is 7.80. The van der Waals surface area contributed by atoms with Crippen molar-refractivity contribution in [2.45, 2.75) is 6.92 Å². The van der Waals surface area contributed by atoms with E-state index in [0.717, 1.165) is 6.54 Å². The highest BCUT2D eigenvalue weighted by Gasteiger charge is 1.89. The van der Waals surface area contributed by atoms with Gasteiger partial charge >= 0.3 is 0 Å². The van der Waals surface area contributed by atoms with Gasteiger partial charge in [-0.25, -0.2) is 0 Å². The Morgan fingerprint density at radius 3 is 2.20 bits per heavy atom. The van der Waals surface area contributed by atoms with E-state index in [-0.39, 0.29) is 6.47 Å². The molecule has 10 heavy (non-hydrogen) atoms. The minimum absolute atomic E-state index is 0.250. The second-order valence-electron chi connectivity index (χ2n) is 1.46. The summed E-state index contributed by atoms with van der Waals surface area (Å²) in [5, 5.41) is 7.35. The molecular weight excluding hydrogens is 152 g/mol. The van der Waals surface area contributed by atoms with Crippen LogP contribution in [0.5, 0.6) is 0 Å². The molecule has 0 fully saturated rings. The fourth-order valence-electron chi connectivity index (χ4n) is 0.156. The molecular formula is C5H12N2O2S. The quantitative estimate of drug-likeness (QED) is 0.418. The standard InChI is InChI=1S/C4H10N2S.CH2O2/c1-3-6(2)4(5)7;2-1-3/h3H2,1-2H3,(H2,5,7);1H,(H,2,3). The second kappa shape index (κ2) is 8.16. The molecule has 0 aromatic rings. The predicted molar refractivity (Wildman–Crippen MR) is 43.8 cm³/mol. The molecule has 0 saturated carbocycles. The maximum atomic E-state index is 8.36. The van der Waals surface area contributed by atoms with Crippen molar-refractivity contribution >= 4 is 23.8 Å². The minimum Gasteiger partial charge on any atom is -0.483 e. The molecule has 4 nitrogen and oxygen atoms in total. The van der Waals surface area contributed by atoms with Crippen LogP contribution in [0.3, 0.4) is 0 Å². The third kappa shape index (κ3) is 10.2. The van der Waals surface area contributed by atoms with Gasteiger partial charge in [0.15, 0.2) is 5.11 Å². The van der Waals surface area contributed by atoms with E-state index in [1.54, 1.807) is 4.90 Å². The lowest BCUT2D eigenvalue weighted by molar-refractivity contribution is -0.122. The van der Waals surface area contributed by atoms with Crippen LogP contribution in [0.25, 0.3) is 0 Å². The maximum absolute atomic E-state index is 8.36. The van der Waals surface area contributed by atoms with Crippen molar-refractivity contribution < 1.29 is 9.90 Å². The van der Waals surface area contributed by atoms with Gasteiger partial charge in [-0.05, 0) is 19.1 Å². The summed E-state index contributed by atoms with van der Waals surface area (Å²) in [6.07, 6.45) is 0. The van der Waals surface area contributed by atoms with Gasteiger partial charge in [-0.2, -0.15) is 0 Å². The van der Waals surface area contributed by atoms with Gasteiger partial charge in [0.1, 0.15) is 0 Å². The van der Waals surface area contributed by atoms with Crippen LogP contribution in [-0.4, -0.2) is 35.2 Å². The molecule has 0 aliphatic rings. The van der Waals surface area contributed by atoms with E-state index >= 15 is 0 Å². The van der Waals surface area contributed by atoms with E-state index in [9.17, 15) is 0 Å². The van der Waals surface area contributed by atoms with Crippen LogP contribution in [-0.2, 0) is 4.79 Å². The van der Waals surface area contributed by atoms with Gasteiger partial charge in [-0.3, -0.25) is 4.79 Å². The van der Waals surface area contributed by atoms with Crippen LogP contribution in [0.15, 0.2) is 0 Å². The van der Waals surface area contributed by atoms with Crippen molar-refractivity contribution in [3.8, 4) is 0 Å². The zero-order valence-electron chi connectivity index (χ0n) is 6.07. The van der Waals surface area contributed by atoms with Crippen LogP contribution < -0.4 is 5.73 Å². The third-order valence-electron chi connectivity index (χ3n) is 0.851. The molecule has 0 unspecified atom stereocenters. The molecule has 0 rings (SSSR count). The molecule has 0 bridgehead atoms. The van der Waals surface area contributed by atoms with Gasteiger partial charge in [0.2, 0.25) is 0 Å². The molecule has 0 spiro atoms. The normalized spacial score (nSPS) is 7.00. The SMILES string of the molecule is CCN(C)C(N)=S.O=CO. The number of hydrogen-bond donors (Lipinski definition) is 2. The first-order chi connectivity index (χ1) is 4.59. The molecule has 0 amide bonds. The van der Waals surface area contributed by atoms with Crippen LogP contribution in [0, 0.1) is 0 Å². The average Bonchev–Trinajstić information content (AvgIpc) is 1.88. The monoisotopic (exact) mass is 164 g/mol. The molecule has 0 radical (unpaired) electrons. The van der Waals surface area contributed by atoms with Gasteiger partial charge in [0.05, 0.1) is 0 Å². The van der Waals surface area contributed by atoms with Gasteiger partial charge in [0, 0.05) is 13.6 Å². The summed E-state index contributed by atoms with van der Waals surface area (Å²) >= 11 is 4.62. The molecule has 0 heterocycles. The Bertz CT molecular complexity index is 108. The Morgan fingerprint density at radius 1 is 1.90 bits per heavy atom. The Balaban J connectivity index is 0. The first-order valence-electron chi connectivity index (χ1n) is 2.68. The molecule has 0 aromatic carbocycles. The maximum Gasteiger partial charge on any atom is 0.290 e. The number of rotatable bonds is 1. The molecule has 0 aliphatic carbocycles. The fraction of sp³-hybridized carbons (Fsp3) is 0.600.